The maximum Gasteiger partial charge on any atom is 0.224 e. The number of pyridine rings is 1. The number of amides is 1. The lowest BCUT2D eigenvalue weighted by atomic mass is 10.1. The molecule has 0 bridgehead atoms. The summed E-state index contributed by atoms with van der Waals surface area (Å²) in [4.78, 5) is 18.8. The zero-order valence-corrected chi connectivity index (χ0v) is 14.4. The fraction of sp³-hybridized carbons (Fsp3) is 0.368. The van der Waals surface area contributed by atoms with Gasteiger partial charge in [0, 0.05) is 31.4 Å². The zero-order valence-electron chi connectivity index (χ0n) is 14.4. The second-order valence-corrected chi connectivity index (χ2v) is 5.90. The molecule has 1 aliphatic heterocycles. The molecule has 6 nitrogen and oxygen atoms in total. The highest BCUT2D eigenvalue weighted by molar-refractivity contribution is 5.90. The molecule has 3 rings (SSSR count). The summed E-state index contributed by atoms with van der Waals surface area (Å²) in [6.07, 6.45) is 2.92. The van der Waals surface area contributed by atoms with Crippen molar-refractivity contribution in [3.8, 4) is 5.75 Å². The van der Waals surface area contributed by atoms with E-state index in [1.807, 2.05) is 36.5 Å². The third-order valence-electron chi connectivity index (χ3n) is 4.16. The van der Waals surface area contributed by atoms with Crippen molar-refractivity contribution >= 4 is 17.4 Å². The number of benzene rings is 1. The van der Waals surface area contributed by atoms with Gasteiger partial charge in [0.1, 0.15) is 11.6 Å². The zero-order chi connectivity index (χ0) is 17.5. The van der Waals surface area contributed by atoms with Crippen LogP contribution in [0.2, 0.25) is 0 Å². The number of ether oxygens (including phenoxy) is 2. The number of carbonyl (C=O) groups is 1. The second kappa shape index (κ2) is 8.48. The Hall–Kier alpha value is -2.60. The Morgan fingerprint density at radius 3 is 2.72 bits per heavy atom. The largest absolute Gasteiger partial charge is 0.497 e. The molecule has 1 saturated heterocycles. The lowest BCUT2D eigenvalue weighted by molar-refractivity contribution is -0.116. The molecule has 25 heavy (non-hydrogen) atoms. The van der Waals surface area contributed by atoms with Gasteiger partial charge >= 0.3 is 0 Å². The van der Waals surface area contributed by atoms with Gasteiger partial charge in [-0.15, -0.1) is 0 Å². The van der Waals surface area contributed by atoms with Crippen LogP contribution in [0.1, 0.15) is 12.0 Å². The maximum absolute atomic E-state index is 12.1. The molecule has 1 amide bonds. The van der Waals surface area contributed by atoms with Crippen molar-refractivity contribution in [2.24, 2.45) is 0 Å². The summed E-state index contributed by atoms with van der Waals surface area (Å²) in [6, 6.07) is 11.3. The van der Waals surface area contributed by atoms with Crippen LogP contribution in [0.25, 0.3) is 0 Å². The number of nitrogens with zero attached hydrogens (tertiary/aromatic N) is 2. The van der Waals surface area contributed by atoms with Crippen molar-refractivity contribution in [2.45, 2.75) is 12.8 Å². The first-order chi connectivity index (χ1) is 12.2. The van der Waals surface area contributed by atoms with Crippen LogP contribution in [0, 0.1) is 0 Å². The fourth-order valence-electron chi connectivity index (χ4n) is 2.74. The minimum Gasteiger partial charge on any atom is -0.497 e. The van der Waals surface area contributed by atoms with Crippen LogP contribution in [-0.4, -0.2) is 44.3 Å². The molecule has 132 valence electrons. The monoisotopic (exact) mass is 341 g/mol. The standard InChI is InChI=1S/C19H23N3O3/c1-24-17-5-3-16(4-6-17)21-19(23)7-2-15-8-9-20-18(14-15)22-10-12-25-13-11-22/h3-6,8-9,14H,2,7,10-13H2,1H3,(H,21,23). The van der Waals surface area contributed by atoms with Gasteiger partial charge in [-0.1, -0.05) is 0 Å². The molecule has 1 N–H and O–H groups in total. The van der Waals surface area contributed by atoms with Gasteiger partial charge in [-0.3, -0.25) is 4.79 Å². The van der Waals surface area contributed by atoms with Gasteiger partial charge in [-0.2, -0.15) is 0 Å². The van der Waals surface area contributed by atoms with Gasteiger partial charge in [-0.25, -0.2) is 4.98 Å². The molecular weight excluding hydrogens is 318 g/mol. The van der Waals surface area contributed by atoms with Gasteiger partial charge in [-0.05, 0) is 48.4 Å². The Morgan fingerprint density at radius 2 is 2.00 bits per heavy atom. The second-order valence-electron chi connectivity index (χ2n) is 5.90. The van der Waals surface area contributed by atoms with Gasteiger partial charge in [0.05, 0.1) is 20.3 Å². The minimum absolute atomic E-state index is 0.00472. The van der Waals surface area contributed by atoms with Crippen LogP contribution in [0.5, 0.6) is 5.75 Å². The van der Waals surface area contributed by atoms with Crippen molar-refractivity contribution in [2.75, 3.05) is 43.6 Å². The first-order valence-corrected chi connectivity index (χ1v) is 8.46. The molecule has 0 saturated carbocycles. The number of aryl methyl sites for hydroxylation is 1. The average Bonchev–Trinajstić information content (AvgIpc) is 2.68. The van der Waals surface area contributed by atoms with Crippen LogP contribution in [-0.2, 0) is 16.0 Å². The Bertz CT molecular complexity index is 697. The summed E-state index contributed by atoms with van der Waals surface area (Å²) in [5.74, 6) is 1.72. The van der Waals surface area contributed by atoms with Crippen LogP contribution >= 0.6 is 0 Å². The lowest BCUT2D eigenvalue weighted by Gasteiger charge is -2.28. The molecule has 6 heteroatoms. The van der Waals surface area contributed by atoms with Crippen molar-refractivity contribution < 1.29 is 14.3 Å². The van der Waals surface area contributed by atoms with E-state index in [1.165, 1.54) is 0 Å². The summed E-state index contributed by atoms with van der Waals surface area (Å²) in [5, 5.41) is 2.90. The molecule has 0 spiro atoms. The number of carbonyl (C=O) groups excluding carboxylic acids is 1. The quantitative estimate of drug-likeness (QED) is 0.875. The number of morpholine rings is 1. The van der Waals surface area contributed by atoms with E-state index in [9.17, 15) is 4.79 Å². The fourth-order valence-corrected chi connectivity index (χ4v) is 2.74. The third-order valence-corrected chi connectivity index (χ3v) is 4.16. The number of anilines is 2. The molecule has 0 atom stereocenters. The van der Waals surface area contributed by atoms with E-state index >= 15 is 0 Å². The van der Waals surface area contributed by atoms with Crippen LogP contribution in [0.4, 0.5) is 11.5 Å². The molecule has 0 unspecified atom stereocenters. The number of nitrogens with one attached hydrogen (secondary N) is 1. The predicted molar refractivity (Wildman–Crippen MR) is 97.2 cm³/mol. The summed E-state index contributed by atoms with van der Waals surface area (Å²) in [7, 11) is 1.62. The van der Waals surface area contributed by atoms with Gasteiger partial charge in [0.15, 0.2) is 0 Å². The van der Waals surface area contributed by atoms with Gasteiger partial charge in [0.2, 0.25) is 5.91 Å². The van der Waals surface area contributed by atoms with E-state index in [-0.39, 0.29) is 5.91 Å². The van der Waals surface area contributed by atoms with E-state index in [0.29, 0.717) is 12.8 Å². The SMILES string of the molecule is COc1ccc(NC(=O)CCc2ccnc(N3CCOCC3)c2)cc1. The number of methoxy groups -OCH3 is 1. The highest BCUT2D eigenvalue weighted by Crippen LogP contribution is 2.17. The molecule has 0 aliphatic carbocycles. The number of rotatable bonds is 6. The number of aromatic nitrogens is 1. The van der Waals surface area contributed by atoms with Crippen LogP contribution in [0.3, 0.4) is 0 Å². The van der Waals surface area contributed by atoms with Crippen molar-refractivity contribution in [3.05, 3.63) is 48.2 Å². The van der Waals surface area contributed by atoms with Gasteiger partial charge in [0.25, 0.3) is 0 Å². The van der Waals surface area contributed by atoms with Crippen molar-refractivity contribution in [1.29, 1.82) is 0 Å². The Morgan fingerprint density at radius 1 is 1.24 bits per heavy atom. The highest BCUT2D eigenvalue weighted by atomic mass is 16.5. The highest BCUT2D eigenvalue weighted by Gasteiger charge is 2.13. The van der Waals surface area contributed by atoms with Gasteiger partial charge < -0.3 is 19.7 Å². The predicted octanol–water partition coefficient (Wildman–Crippen LogP) is 2.50. The summed E-state index contributed by atoms with van der Waals surface area (Å²) < 4.78 is 10.5. The number of hydrogen-bond donors (Lipinski definition) is 1. The Balaban J connectivity index is 1.52. The van der Waals surface area contributed by atoms with E-state index in [2.05, 4.69) is 21.3 Å². The Kier molecular flexibility index (Phi) is 5.85. The first-order valence-electron chi connectivity index (χ1n) is 8.46. The maximum atomic E-state index is 12.1. The molecule has 1 aromatic carbocycles. The van der Waals surface area contributed by atoms with Crippen LogP contribution in [0.15, 0.2) is 42.6 Å². The third kappa shape index (κ3) is 4.93. The molecule has 0 radical (unpaired) electrons. The van der Waals surface area contributed by atoms with E-state index < -0.39 is 0 Å². The summed E-state index contributed by atoms with van der Waals surface area (Å²) >= 11 is 0. The summed E-state index contributed by atoms with van der Waals surface area (Å²) in [5.41, 5.74) is 1.89. The van der Waals surface area contributed by atoms with E-state index in [1.54, 1.807) is 7.11 Å². The van der Waals surface area contributed by atoms with Crippen molar-refractivity contribution in [1.82, 2.24) is 4.98 Å². The molecule has 1 aromatic heterocycles. The van der Waals surface area contributed by atoms with Crippen LogP contribution < -0.4 is 15.0 Å². The first kappa shape index (κ1) is 17.2. The van der Waals surface area contributed by atoms with E-state index in [4.69, 9.17) is 9.47 Å². The topological polar surface area (TPSA) is 63.7 Å². The molecule has 2 heterocycles. The lowest BCUT2D eigenvalue weighted by Crippen LogP contribution is -2.36. The van der Waals surface area contributed by atoms with E-state index in [0.717, 1.165) is 49.1 Å². The summed E-state index contributed by atoms with van der Waals surface area (Å²) in [6.45, 7) is 3.18. The van der Waals surface area contributed by atoms with Crippen molar-refractivity contribution in [3.63, 3.8) is 0 Å². The Labute approximate surface area is 147 Å². The normalized spacial score (nSPS) is 14.2. The molecule has 1 aliphatic rings. The number of hydrogen-bond acceptors (Lipinski definition) is 5. The average molecular weight is 341 g/mol. The smallest absolute Gasteiger partial charge is 0.224 e. The minimum atomic E-state index is -0.00472. The molecule has 2 aromatic rings. The molecule has 1 fully saturated rings. The molecular formula is C19H23N3O3.